The van der Waals surface area contributed by atoms with E-state index >= 15 is 0 Å². The van der Waals surface area contributed by atoms with E-state index in [2.05, 4.69) is 0 Å². The molecular formula is C36H27Cl2N3O8. The molecule has 11 nitrogen and oxygen atoms in total. The molecule has 1 spiro atoms. The number of non-ortho nitro benzene ring substituents is 2. The molecule has 0 radical (unpaired) electrons. The summed E-state index contributed by atoms with van der Waals surface area (Å²) in [5.41, 5.74) is -1.08. The van der Waals surface area contributed by atoms with Crippen molar-refractivity contribution in [1.29, 1.82) is 0 Å². The van der Waals surface area contributed by atoms with Crippen molar-refractivity contribution in [3.8, 4) is 11.1 Å². The van der Waals surface area contributed by atoms with E-state index < -0.39 is 44.1 Å². The van der Waals surface area contributed by atoms with Gasteiger partial charge in [-0.2, -0.15) is 0 Å². The summed E-state index contributed by atoms with van der Waals surface area (Å²) < 4.78 is 11.4. The highest BCUT2D eigenvalue weighted by atomic mass is 35.5. The fourth-order valence-corrected chi connectivity index (χ4v) is 8.49. The molecule has 13 heteroatoms. The van der Waals surface area contributed by atoms with Crippen LogP contribution in [0.2, 0.25) is 10.0 Å². The van der Waals surface area contributed by atoms with Gasteiger partial charge in [-0.3, -0.25) is 20.2 Å². The number of halogens is 2. The SMILES string of the molecule is CCOC(=O)C1=C(C(=O)OCC)C2(c3cc(Cl)ccc3-c3ccc(Cl)cc32)C2(c3cc([N+](=O)[O-])cc([N+](=O)[O-])c3)c3ccccc3CCN12. The lowest BCUT2D eigenvalue weighted by molar-refractivity contribution is -0.394. The highest BCUT2D eigenvalue weighted by molar-refractivity contribution is 6.31. The molecule has 7 rings (SSSR count). The Morgan fingerprint density at radius 3 is 1.88 bits per heavy atom. The Labute approximate surface area is 289 Å². The lowest BCUT2D eigenvalue weighted by atomic mass is 9.54. The average molecular weight is 701 g/mol. The summed E-state index contributed by atoms with van der Waals surface area (Å²) in [6.45, 7) is 3.31. The maximum absolute atomic E-state index is 14.7. The number of esters is 2. The number of fused-ring (bicyclic) bond motifs is 9. The van der Waals surface area contributed by atoms with Crippen LogP contribution < -0.4 is 0 Å². The Bertz CT molecular complexity index is 2080. The van der Waals surface area contributed by atoms with Gasteiger partial charge in [-0.15, -0.1) is 0 Å². The molecule has 0 bridgehead atoms. The van der Waals surface area contributed by atoms with Crippen molar-refractivity contribution in [1.82, 2.24) is 4.90 Å². The largest absolute Gasteiger partial charge is 0.463 e. The van der Waals surface area contributed by atoms with Crippen LogP contribution in [0.25, 0.3) is 11.1 Å². The standard InChI is InChI=1S/C36H27Cl2N3O8/c1-3-48-33(42)31-32(34(43)49-4-2)39-14-13-20-7-5-6-8-28(20)36(39,21-15-24(40(44)45)19-25(16-21)41(46)47)35(31)29-17-22(37)9-11-26(29)27-12-10-23(38)18-30(27)35/h5-12,15-19H,3-4,13-14H2,1-2H3. The number of hydrogen-bond acceptors (Lipinski definition) is 9. The Balaban J connectivity index is 1.81. The topological polar surface area (TPSA) is 142 Å². The minimum atomic E-state index is -1.76. The van der Waals surface area contributed by atoms with Gasteiger partial charge in [0.2, 0.25) is 0 Å². The molecular weight excluding hydrogens is 673 g/mol. The van der Waals surface area contributed by atoms with E-state index in [0.717, 1.165) is 11.6 Å². The Morgan fingerprint density at radius 1 is 0.776 bits per heavy atom. The van der Waals surface area contributed by atoms with Crippen molar-refractivity contribution in [3.63, 3.8) is 0 Å². The van der Waals surface area contributed by atoms with Crippen LogP contribution in [0.3, 0.4) is 0 Å². The monoisotopic (exact) mass is 699 g/mol. The third kappa shape index (κ3) is 4.35. The van der Waals surface area contributed by atoms with Gasteiger partial charge in [-0.05, 0) is 83.5 Å². The minimum absolute atomic E-state index is 0.0318. The van der Waals surface area contributed by atoms with E-state index in [0.29, 0.717) is 44.3 Å². The first-order valence-electron chi connectivity index (χ1n) is 15.5. The number of hydrogen-bond donors (Lipinski definition) is 0. The second-order valence-corrected chi connectivity index (χ2v) is 12.7. The number of rotatable bonds is 7. The number of carbonyl (C=O) groups is 2. The van der Waals surface area contributed by atoms with Crippen LogP contribution in [-0.4, -0.2) is 46.4 Å². The molecule has 1 atom stereocenters. The molecule has 248 valence electrons. The summed E-state index contributed by atoms with van der Waals surface area (Å²) in [6.07, 6.45) is 0.398. The van der Waals surface area contributed by atoms with Crippen LogP contribution in [0.4, 0.5) is 11.4 Å². The van der Waals surface area contributed by atoms with Crippen LogP contribution in [0.15, 0.2) is 90.1 Å². The molecule has 1 unspecified atom stereocenters. The lowest BCUT2D eigenvalue weighted by Crippen LogP contribution is -2.59. The minimum Gasteiger partial charge on any atom is -0.463 e. The van der Waals surface area contributed by atoms with Crippen molar-refractivity contribution in [2.45, 2.75) is 31.2 Å². The molecule has 4 aromatic carbocycles. The number of nitro groups is 2. The normalized spacial score (nSPS) is 18.0. The second kappa shape index (κ2) is 11.7. The fraction of sp³-hybridized carbons (Fsp3) is 0.222. The summed E-state index contributed by atoms with van der Waals surface area (Å²) in [5.74, 6) is -1.67. The summed E-state index contributed by atoms with van der Waals surface area (Å²) in [4.78, 5) is 54.2. The number of benzene rings is 4. The molecule has 0 amide bonds. The molecule has 1 aliphatic carbocycles. The van der Waals surface area contributed by atoms with Crippen molar-refractivity contribution < 1.29 is 28.9 Å². The van der Waals surface area contributed by atoms with Gasteiger partial charge in [0, 0.05) is 28.7 Å². The summed E-state index contributed by atoms with van der Waals surface area (Å²) in [5, 5.41) is 25.5. The van der Waals surface area contributed by atoms with Gasteiger partial charge in [-0.25, -0.2) is 9.59 Å². The molecule has 3 aliphatic rings. The first-order valence-corrected chi connectivity index (χ1v) is 16.3. The van der Waals surface area contributed by atoms with E-state index in [4.69, 9.17) is 32.7 Å². The van der Waals surface area contributed by atoms with Gasteiger partial charge in [0.05, 0.1) is 40.1 Å². The van der Waals surface area contributed by atoms with Crippen molar-refractivity contribution in [3.05, 3.63) is 148 Å². The van der Waals surface area contributed by atoms with Crippen LogP contribution in [-0.2, 0) is 36.4 Å². The molecule has 0 aromatic heterocycles. The highest BCUT2D eigenvalue weighted by Crippen LogP contribution is 2.71. The molecule has 0 saturated carbocycles. The van der Waals surface area contributed by atoms with Crippen molar-refractivity contribution in [2.75, 3.05) is 19.8 Å². The van der Waals surface area contributed by atoms with Crippen molar-refractivity contribution in [2.24, 2.45) is 0 Å². The zero-order valence-electron chi connectivity index (χ0n) is 26.2. The average Bonchev–Trinajstić information content (AvgIpc) is 3.52. The zero-order chi connectivity index (χ0) is 34.8. The smallest absolute Gasteiger partial charge is 0.355 e. The van der Waals surface area contributed by atoms with Crippen LogP contribution in [0.5, 0.6) is 0 Å². The number of carbonyl (C=O) groups excluding carboxylic acids is 2. The first kappa shape index (κ1) is 32.3. The predicted molar refractivity (Wildman–Crippen MR) is 180 cm³/mol. The Hall–Kier alpha value is -5.26. The first-order chi connectivity index (χ1) is 23.5. The molecule has 2 aliphatic heterocycles. The van der Waals surface area contributed by atoms with E-state index in [1.807, 2.05) is 18.2 Å². The summed E-state index contributed by atoms with van der Waals surface area (Å²) in [6, 6.07) is 21.2. The lowest BCUT2D eigenvalue weighted by Gasteiger charge is -2.54. The highest BCUT2D eigenvalue weighted by Gasteiger charge is 2.73. The maximum Gasteiger partial charge on any atom is 0.355 e. The van der Waals surface area contributed by atoms with Gasteiger partial charge in [0.1, 0.15) is 11.2 Å². The third-order valence-electron chi connectivity index (χ3n) is 9.59. The van der Waals surface area contributed by atoms with Gasteiger partial charge in [0.15, 0.2) is 0 Å². The van der Waals surface area contributed by atoms with Gasteiger partial charge in [-0.1, -0.05) is 59.6 Å². The number of nitro benzene ring substituents is 2. The summed E-state index contributed by atoms with van der Waals surface area (Å²) >= 11 is 13.5. The quantitative estimate of drug-likeness (QED) is 0.111. The third-order valence-corrected chi connectivity index (χ3v) is 10.1. The van der Waals surface area contributed by atoms with E-state index in [9.17, 15) is 29.8 Å². The molecule has 0 N–H and O–H groups in total. The van der Waals surface area contributed by atoms with E-state index in [1.54, 1.807) is 61.2 Å². The van der Waals surface area contributed by atoms with Gasteiger partial charge in [0.25, 0.3) is 11.4 Å². The number of ether oxygens (including phenoxy) is 2. The predicted octanol–water partition coefficient (Wildman–Crippen LogP) is 7.27. The van der Waals surface area contributed by atoms with Gasteiger partial charge < -0.3 is 14.4 Å². The van der Waals surface area contributed by atoms with E-state index in [1.165, 1.54) is 12.1 Å². The van der Waals surface area contributed by atoms with Crippen LogP contribution >= 0.6 is 23.2 Å². The van der Waals surface area contributed by atoms with E-state index in [-0.39, 0.29) is 36.6 Å². The maximum atomic E-state index is 14.7. The zero-order valence-corrected chi connectivity index (χ0v) is 27.7. The molecule has 0 saturated heterocycles. The summed E-state index contributed by atoms with van der Waals surface area (Å²) in [7, 11) is 0. The van der Waals surface area contributed by atoms with Gasteiger partial charge >= 0.3 is 11.9 Å². The number of nitrogens with zero attached hydrogens (tertiary/aromatic N) is 3. The Morgan fingerprint density at radius 2 is 1.33 bits per heavy atom. The molecule has 2 heterocycles. The van der Waals surface area contributed by atoms with Crippen molar-refractivity contribution >= 4 is 46.5 Å². The fourth-order valence-electron chi connectivity index (χ4n) is 8.15. The molecule has 0 fully saturated rings. The van der Waals surface area contributed by atoms with Crippen LogP contribution in [0, 0.1) is 20.2 Å². The van der Waals surface area contributed by atoms with Crippen LogP contribution in [0.1, 0.15) is 41.7 Å². The second-order valence-electron chi connectivity index (χ2n) is 11.8. The Kier molecular flexibility index (Phi) is 7.72. The molecule has 4 aromatic rings. The molecule has 49 heavy (non-hydrogen) atoms.